The average molecular weight is 292 g/mol. The van der Waals surface area contributed by atoms with Crippen molar-refractivity contribution < 1.29 is 0 Å². The summed E-state index contributed by atoms with van der Waals surface area (Å²) in [6.45, 7) is 7.94. The van der Waals surface area contributed by atoms with E-state index < -0.39 is 0 Å². The molecule has 0 amide bonds. The SMILES string of the molecule is CCCc1c(NN)ncnc1NC1CCN(CCC)CC1. The maximum atomic E-state index is 5.56. The van der Waals surface area contributed by atoms with E-state index >= 15 is 0 Å². The Labute approximate surface area is 127 Å². The Kier molecular flexibility index (Phi) is 6.20. The van der Waals surface area contributed by atoms with Crippen molar-refractivity contribution >= 4 is 11.6 Å². The van der Waals surface area contributed by atoms with Gasteiger partial charge in [-0.1, -0.05) is 20.3 Å². The minimum atomic E-state index is 0.495. The minimum absolute atomic E-state index is 0.495. The highest BCUT2D eigenvalue weighted by atomic mass is 15.3. The van der Waals surface area contributed by atoms with Crippen molar-refractivity contribution in [1.82, 2.24) is 14.9 Å². The molecule has 21 heavy (non-hydrogen) atoms. The molecule has 2 heterocycles. The lowest BCUT2D eigenvalue weighted by Crippen LogP contribution is -2.39. The summed E-state index contributed by atoms with van der Waals surface area (Å²) in [5.41, 5.74) is 3.78. The van der Waals surface area contributed by atoms with Gasteiger partial charge in [0.2, 0.25) is 0 Å². The summed E-state index contributed by atoms with van der Waals surface area (Å²) in [4.78, 5) is 11.2. The van der Waals surface area contributed by atoms with Crippen LogP contribution in [0.5, 0.6) is 0 Å². The van der Waals surface area contributed by atoms with Gasteiger partial charge >= 0.3 is 0 Å². The van der Waals surface area contributed by atoms with Crippen LogP contribution in [0.15, 0.2) is 6.33 Å². The van der Waals surface area contributed by atoms with E-state index in [1.165, 1.54) is 38.9 Å². The highest BCUT2D eigenvalue weighted by Gasteiger charge is 2.20. The largest absolute Gasteiger partial charge is 0.367 e. The van der Waals surface area contributed by atoms with E-state index in [1.807, 2.05) is 0 Å². The standard InChI is InChI=1S/C15H28N6/c1-3-5-13-14(17-11-18-15(13)20-16)19-12-6-9-21(8-4-2)10-7-12/h11-12H,3-10,16H2,1-2H3,(H2,17,18,19,20). The second-order valence-electron chi connectivity index (χ2n) is 5.70. The van der Waals surface area contributed by atoms with Gasteiger partial charge in [0.25, 0.3) is 0 Å². The molecule has 2 rings (SSSR count). The van der Waals surface area contributed by atoms with Crippen LogP contribution in [0, 0.1) is 0 Å². The van der Waals surface area contributed by atoms with E-state index in [2.05, 4.69) is 39.5 Å². The molecule has 1 saturated heterocycles. The van der Waals surface area contributed by atoms with E-state index in [-0.39, 0.29) is 0 Å². The quantitative estimate of drug-likeness (QED) is 0.527. The summed E-state index contributed by atoms with van der Waals surface area (Å²) in [6.07, 6.45) is 7.12. The summed E-state index contributed by atoms with van der Waals surface area (Å²) in [6, 6.07) is 0.495. The number of hydrogen-bond acceptors (Lipinski definition) is 6. The molecule has 0 atom stereocenters. The first kappa shape index (κ1) is 16.0. The highest BCUT2D eigenvalue weighted by molar-refractivity contribution is 5.57. The zero-order chi connectivity index (χ0) is 15.1. The number of hydrazine groups is 1. The Balaban J connectivity index is 2.00. The highest BCUT2D eigenvalue weighted by Crippen LogP contribution is 2.23. The zero-order valence-corrected chi connectivity index (χ0v) is 13.2. The second-order valence-corrected chi connectivity index (χ2v) is 5.70. The number of nitrogens with zero attached hydrogens (tertiary/aromatic N) is 3. The number of nitrogens with two attached hydrogens (primary N) is 1. The van der Waals surface area contributed by atoms with Gasteiger partial charge in [0.1, 0.15) is 18.0 Å². The smallest absolute Gasteiger partial charge is 0.148 e. The summed E-state index contributed by atoms with van der Waals surface area (Å²) in [7, 11) is 0. The number of piperidine rings is 1. The van der Waals surface area contributed by atoms with Crippen LogP contribution in [0.25, 0.3) is 0 Å². The number of anilines is 2. The Hall–Kier alpha value is -1.40. The maximum Gasteiger partial charge on any atom is 0.148 e. The zero-order valence-electron chi connectivity index (χ0n) is 13.2. The number of aromatic nitrogens is 2. The van der Waals surface area contributed by atoms with Gasteiger partial charge in [-0.2, -0.15) is 0 Å². The van der Waals surface area contributed by atoms with E-state index in [0.717, 1.165) is 30.0 Å². The minimum Gasteiger partial charge on any atom is -0.367 e. The van der Waals surface area contributed by atoms with Gasteiger partial charge in [0.15, 0.2) is 0 Å². The van der Waals surface area contributed by atoms with Crippen LogP contribution in [0.2, 0.25) is 0 Å². The third kappa shape index (κ3) is 4.28. The molecule has 6 heteroatoms. The number of nitrogens with one attached hydrogen (secondary N) is 2. The summed E-state index contributed by atoms with van der Waals surface area (Å²) in [5.74, 6) is 7.23. The third-order valence-electron chi connectivity index (χ3n) is 4.05. The molecule has 0 aromatic carbocycles. The molecule has 0 aliphatic carbocycles. The van der Waals surface area contributed by atoms with Gasteiger partial charge in [-0.05, 0) is 32.2 Å². The normalized spacial score (nSPS) is 16.9. The van der Waals surface area contributed by atoms with Crippen molar-refractivity contribution in [1.29, 1.82) is 0 Å². The molecule has 1 fully saturated rings. The molecule has 0 bridgehead atoms. The van der Waals surface area contributed by atoms with Gasteiger partial charge in [-0.3, -0.25) is 0 Å². The summed E-state index contributed by atoms with van der Waals surface area (Å²) >= 11 is 0. The van der Waals surface area contributed by atoms with Crippen molar-refractivity contribution in [2.75, 3.05) is 30.4 Å². The van der Waals surface area contributed by atoms with E-state index in [1.54, 1.807) is 6.33 Å². The van der Waals surface area contributed by atoms with Crippen molar-refractivity contribution in [2.45, 2.75) is 52.0 Å². The molecular formula is C15H28N6. The lowest BCUT2D eigenvalue weighted by Gasteiger charge is -2.32. The lowest BCUT2D eigenvalue weighted by atomic mass is 10.0. The van der Waals surface area contributed by atoms with Crippen LogP contribution < -0.4 is 16.6 Å². The van der Waals surface area contributed by atoms with Crippen molar-refractivity contribution in [2.24, 2.45) is 5.84 Å². The van der Waals surface area contributed by atoms with Gasteiger partial charge in [0, 0.05) is 24.7 Å². The fraction of sp³-hybridized carbons (Fsp3) is 0.733. The lowest BCUT2D eigenvalue weighted by molar-refractivity contribution is 0.219. The molecule has 0 spiro atoms. The maximum absolute atomic E-state index is 5.56. The number of nitrogen functional groups attached to an aromatic ring is 1. The van der Waals surface area contributed by atoms with Crippen molar-refractivity contribution in [3.63, 3.8) is 0 Å². The molecule has 1 aromatic heterocycles. The van der Waals surface area contributed by atoms with Gasteiger partial charge in [-0.25, -0.2) is 15.8 Å². The van der Waals surface area contributed by atoms with E-state index in [0.29, 0.717) is 6.04 Å². The van der Waals surface area contributed by atoms with Crippen LogP contribution in [0.3, 0.4) is 0 Å². The molecule has 0 unspecified atom stereocenters. The predicted molar refractivity (Wildman–Crippen MR) is 87.2 cm³/mol. The van der Waals surface area contributed by atoms with Gasteiger partial charge in [-0.15, -0.1) is 0 Å². The molecule has 1 aliphatic rings. The first-order valence-corrected chi connectivity index (χ1v) is 8.07. The fourth-order valence-corrected chi connectivity index (χ4v) is 2.96. The molecule has 1 aromatic rings. The van der Waals surface area contributed by atoms with Gasteiger partial charge < -0.3 is 15.6 Å². The Morgan fingerprint density at radius 2 is 1.90 bits per heavy atom. The van der Waals surface area contributed by atoms with Crippen LogP contribution >= 0.6 is 0 Å². The van der Waals surface area contributed by atoms with Crippen molar-refractivity contribution in [3.05, 3.63) is 11.9 Å². The molecule has 0 saturated carbocycles. The Morgan fingerprint density at radius 1 is 1.19 bits per heavy atom. The number of rotatable bonds is 7. The van der Waals surface area contributed by atoms with Gasteiger partial charge in [0.05, 0.1) is 0 Å². The monoisotopic (exact) mass is 292 g/mol. The van der Waals surface area contributed by atoms with Crippen LogP contribution in [0.1, 0.15) is 45.1 Å². The van der Waals surface area contributed by atoms with Crippen LogP contribution in [-0.2, 0) is 6.42 Å². The second kappa shape index (κ2) is 8.14. The first-order chi connectivity index (χ1) is 10.3. The predicted octanol–water partition coefficient (Wildman–Crippen LogP) is 2.00. The Bertz CT molecular complexity index is 428. The van der Waals surface area contributed by atoms with Crippen LogP contribution in [-0.4, -0.2) is 40.5 Å². The number of likely N-dealkylation sites (tertiary alicyclic amines) is 1. The molecule has 118 valence electrons. The average Bonchev–Trinajstić information content (AvgIpc) is 2.51. The molecule has 4 N–H and O–H groups in total. The van der Waals surface area contributed by atoms with E-state index in [9.17, 15) is 0 Å². The topological polar surface area (TPSA) is 79.1 Å². The Morgan fingerprint density at radius 3 is 2.52 bits per heavy atom. The summed E-state index contributed by atoms with van der Waals surface area (Å²) < 4.78 is 0. The summed E-state index contributed by atoms with van der Waals surface area (Å²) in [5, 5.41) is 3.60. The number of hydrogen-bond donors (Lipinski definition) is 3. The van der Waals surface area contributed by atoms with E-state index in [4.69, 9.17) is 5.84 Å². The first-order valence-electron chi connectivity index (χ1n) is 8.07. The molecule has 0 radical (unpaired) electrons. The third-order valence-corrected chi connectivity index (χ3v) is 4.05. The fourth-order valence-electron chi connectivity index (χ4n) is 2.96. The van der Waals surface area contributed by atoms with Crippen molar-refractivity contribution in [3.8, 4) is 0 Å². The molecular weight excluding hydrogens is 264 g/mol. The molecule has 1 aliphatic heterocycles. The van der Waals surface area contributed by atoms with Crippen LogP contribution in [0.4, 0.5) is 11.6 Å². The molecule has 6 nitrogen and oxygen atoms in total.